The van der Waals surface area contributed by atoms with Crippen LogP contribution < -0.4 is 5.43 Å². The number of fused-ring (bicyclic) bond motifs is 3. The molecule has 4 fully saturated rings. The van der Waals surface area contributed by atoms with Gasteiger partial charge >= 0.3 is 0 Å². The quantitative estimate of drug-likeness (QED) is 0.826. The lowest BCUT2D eigenvalue weighted by molar-refractivity contribution is 0.108. The molecule has 2 aromatic heterocycles. The fraction of sp³-hybridized carbons (Fsp3) is 0.632. The lowest BCUT2D eigenvalue weighted by Gasteiger charge is -2.50. The van der Waals surface area contributed by atoms with Crippen molar-refractivity contribution in [2.24, 2.45) is 28.8 Å². The van der Waals surface area contributed by atoms with Gasteiger partial charge in [0.25, 0.3) is 0 Å². The van der Waals surface area contributed by atoms with E-state index in [1.807, 2.05) is 11.3 Å². The summed E-state index contributed by atoms with van der Waals surface area (Å²) in [5, 5.41) is 6.17. The van der Waals surface area contributed by atoms with E-state index in [9.17, 15) is 0 Å². The van der Waals surface area contributed by atoms with Crippen molar-refractivity contribution in [3.63, 3.8) is 0 Å². The van der Waals surface area contributed by atoms with E-state index in [2.05, 4.69) is 15.4 Å². The van der Waals surface area contributed by atoms with E-state index in [0.29, 0.717) is 0 Å². The summed E-state index contributed by atoms with van der Waals surface area (Å²) in [6.07, 6.45) is 12.3. The molecular formula is C19H22N4S. The molecule has 0 aromatic carbocycles. The molecule has 0 amide bonds. The number of rotatable bonds is 2. The van der Waals surface area contributed by atoms with Gasteiger partial charge in [-0.05, 0) is 80.6 Å². The number of nitrogens with zero attached hydrogens (tertiary/aromatic N) is 3. The summed E-state index contributed by atoms with van der Waals surface area (Å²) in [6.45, 7) is 0. The average Bonchev–Trinajstić information content (AvgIpc) is 3.14. The van der Waals surface area contributed by atoms with E-state index in [0.717, 1.165) is 34.3 Å². The summed E-state index contributed by atoms with van der Waals surface area (Å²) in [7, 11) is 0. The molecule has 0 radical (unpaired) electrons. The van der Waals surface area contributed by atoms with Crippen molar-refractivity contribution in [2.75, 3.05) is 5.43 Å². The fourth-order valence-corrected chi connectivity index (χ4v) is 7.21. The topological polar surface area (TPSA) is 50.2 Å². The number of thiophene rings is 1. The average molecular weight is 338 g/mol. The van der Waals surface area contributed by atoms with E-state index in [4.69, 9.17) is 5.10 Å². The largest absolute Gasteiger partial charge is 0.261 e. The molecule has 4 saturated carbocycles. The Hall–Kier alpha value is -1.49. The Morgan fingerprint density at radius 1 is 1.00 bits per heavy atom. The zero-order chi connectivity index (χ0) is 15.7. The van der Waals surface area contributed by atoms with Gasteiger partial charge in [0.1, 0.15) is 11.2 Å². The normalized spacial score (nSPS) is 33.2. The minimum atomic E-state index is 0.735. The van der Waals surface area contributed by atoms with Crippen molar-refractivity contribution in [3.05, 3.63) is 16.8 Å². The molecule has 4 nitrogen and oxygen atoms in total. The van der Waals surface area contributed by atoms with Crippen LogP contribution >= 0.6 is 11.3 Å². The first-order chi connectivity index (χ1) is 11.8. The second-order valence-corrected chi connectivity index (χ2v) is 9.30. The van der Waals surface area contributed by atoms with Crippen LogP contribution in [0.1, 0.15) is 49.0 Å². The van der Waals surface area contributed by atoms with Gasteiger partial charge in [-0.3, -0.25) is 5.43 Å². The second kappa shape index (κ2) is 5.01. The molecule has 1 N–H and O–H groups in total. The molecule has 2 aromatic rings. The van der Waals surface area contributed by atoms with Crippen LogP contribution in [0.25, 0.3) is 10.2 Å². The van der Waals surface area contributed by atoms with E-state index in [-0.39, 0.29) is 0 Å². The monoisotopic (exact) mass is 338 g/mol. The van der Waals surface area contributed by atoms with Gasteiger partial charge in [-0.15, -0.1) is 11.3 Å². The molecule has 5 heteroatoms. The maximum atomic E-state index is 4.93. The lowest BCUT2D eigenvalue weighted by Crippen LogP contribution is -2.45. The third-order valence-corrected chi connectivity index (χ3v) is 7.97. The molecular weight excluding hydrogens is 316 g/mol. The van der Waals surface area contributed by atoms with Crippen LogP contribution in [0.15, 0.2) is 11.4 Å². The first-order valence-electron chi connectivity index (χ1n) is 9.44. The van der Waals surface area contributed by atoms with Crippen LogP contribution in [-0.2, 0) is 12.8 Å². The number of aryl methyl sites for hydroxylation is 2. The summed E-state index contributed by atoms with van der Waals surface area (Å²) in [5.74, 6) is 4.37. The third kappa shape index (κ3) is 1.94. The zero-order valence-electron chi connectivity index (χ0n) is 13.8. The Labute approximate surface area is 145 Å². The van der Waals surface area contributed by atoms with Crippen molar-refractivity contribution in [2.45, 2.75) is 51.4 Å². The van der Waals surface area contributed by atoms with Gasteiger partial charge < -0.3 is 0 Å². The molecule has 0 aliphatic heterocycles. The first-order valence-corrected chi connectivity index (χ1v) is 10.3. The highest BCUT2D eigenvalue weighted by Gasteiger charge is 2.46. The number of nitrogens with one attached hydrogen (secondary N) is 1. The van der Waals surface area contributed by atoms with Crippen molar-refractivity contribution >= 4 is 33.1 Å². The van der Waals surface area contributed by atoms with Crippen LogP contribution in [-0.4, -0.2) is 15.7 Å². The van der Waals surface area contributed by atoms with Crippen molar-refractivity contribution in [1.82, 2.24) is 9.97 Å². The van der Waals surface area contributed by atoms with Crippen LogP contribution in [0.2, 0.25) is 0 Å². The van der Waals surface area contributed by atoms with Gasteiger partial charge in [-0.2, -0.15) is 5.10 Å². The molecule has 2 heterocycles. The summed E-state index contributed by atoms with van der Waals surface area (Å²) >= 11 is 1.85. The Morgan fingerprint density at radius 2 is 1.79 bits per heavy atom. The fourth-order valence-electron chi connectivity index (χ4n) is 5.98. The molecule has 5 aliphatic carbocycles. The first kappa shape index (κ1) is 13.8. The summed E-state index contributed by atoms with van der Waals surface area (Å²) in [5.41, 5.74) is 6.30. The molecule has 0 spiro atoms. The van der Waals surface area contributed by atoms with Gasteiger partial charge in [-0.1, -0.05) is 0 Å². The molecule has 0 atom stereocenters. The van der Waals surface area contributed by atoms with Gasteiger partial charge in [-0.25, -0.2) is 9.97 Å². The Kier molecular flexibility index (Phi) is 2.87. The second-order valence-electron chi connectivity index (χ2n) is 8.21. The SMILES string of the molecule is c1nc(NN=C2C3CC4CC(C3)CC2C4)c2c3c(sc2n1)CCC3. The smallest absolute Gasteiger partial charge is 0.158 e. The molecule has 124 valence electrons. The van der Waals surface area contributed by atoms with Crippen LogP contribution in [0.4, 0.5) is 5.82 Å². The number of hydrogen-bond acceptors (Lipinski definition) is 5. The van der Waals surface area contributed by atoms with Gasteiger partial charge in [0.05, 0.1) is 5.39 Å². The molecule has 24 heavy (non-hydrogen) atoms. The Balaban J connectivity index is 1.36. The highest BCUT2D eigenvalue weighted by molar-refractivity contribution is 7.19. The van der Waals surface area contributed by atoms with E-state index in [1.165, 1.54) is 72.9 Å². The minimum Gasteiger partial charge on any atom is -0.261 e. The third-order valence-electron chi connectivity index (χ3n) is 6.77. The highest BCUT2D eigenvalue weighted by Crippen LogP contribution is 2.52. The van der Waals surface area contributed by atoms with Crippen molar-refractivity contribution in [3.8, 4) is 0 Å². The molecule has 5 aliphatic rings. The predicted octanol–water partition coefficient (Wildman–Crippen LogP) is 4.40. The van der Waals surface area contributed by atoms with Gasteiger partial charge in [0.2, 0.25) is 0 Å². The van der Waals surface area contributed by atoms with E-state index in [1.54, 1.807) is 6.33 Å². The Bertz CT molecular complexity index is 822. The predicted molar refractivity (Wildman–Crippen MR) is 97.5 cm³/mol. The highest BCUT2D eigenvalue weighted by atomic mass is 32.1. The lowest BCUT2D eigenvalue weighted by atomic mass is 9.55. The maximum absolute atomic E-state index is 4.93. The molecule has 4 bridgehead atoms. The van der Waals surface area contributed by atoms with Crippen molar-refractivity contribution in [1.29, 1.82) is 0 Å². The van der Waals surface area contributed by atoms with Crippen molar-refractivity contribution < 1.29 is 0 Å². The number of anilines is 1. The number of hydrogen-bond donors (Lipinski definition) is 1. The van der Waals surface area contributed by atoms with Gasteiger partial charge in [0.15, 0.2) is 5.82 Å². The zero-order valence-corrected chi connectivity index (χ0v) is 14.6. The molecule has 0 saturated heterocycles. The van der Waals surface area contributed by atoms with Crippen LogP contribution in [0.3, 0.4) is 0 Å². The summed E-state index contributed by atoms with van der Waals surface area (Å²) in [6, 6.07) is 0. The molecule has 7 rings (SSSR count). The van der Waals surface area contributed by atoms with E-state index < -0.39 is 0 Å². The van der Waals surface area contributed by atoms with Crippen LogP contribution in [0, 0.1) is 23.7 Å². The minimum absolute atomic E-state index is 0.735. The van der Waals surface area contributed by atoms with E-state index >= 15 is 0 Å². The number of hydrazone groups is 1. The maximum Gasteiger partial charge on any atom is 0.158 e. The number of aromatic nitrogens is 2. The summed E-state index contributed by atoms with van der Waals surface area (Å²) < 4.78 is 0. The summed E-state index contributed by atoms with van der Waals surface area (Å²) in [4.78, 5) is 11.7. The van der Waals surface area contributed by atoms with Gasteiger partial charge in [0, 0.05) is 10.6 Å². The van der Waals surface area contributed by atoms with Crippen LogP contribution in [0.5, 0.6) is 0 Å². The Morgan fingerprint density at radius 3 is 2.58 bits per heavy atom. The standard InChI is InChI=1S/C19H22N4S/c1-2-14-15(3-1)24-19-16(14)18(20-9-21-19)23-22-17-12-5-10-4-11(7-12)8-13(17)6-10/h9-13H,1-8H2,(H,20,21,23). The molecule has 0 unspecified atom stereocenters.